The molecular weight excluding hydrogens is 274 g/mol. The number of carboxylic acids is 1. The molecule has 0 aromatic heterocycles. The third-order valence-corrected chi connectivity index (χ3v) is 4.29. The van der Waals surface area contributed by atoms with Gasteiger partial charge < -0.3 is 10.0 Å². The van der Waals surface area contributed by atoms with Crippen LogP contribution in [0.25, 0.3) is 0 Å². The van der Waals surface area contributed by atoms with Crippen molar-refractivity contribution in [3.63, 3.8) is 0 Å². The summed E-state index contributed by atoms with van der Waals surface area (Å²) in [5.74, 6) is -1.10. The van der Waals surface area contributed by atoms with Gasteiger partial charge in [0, 0.05) is 22.3 Å². The lowest BCUT2D eigenvalue weighted by atomic mass is 10.1. The summed E-state index contributed by atoms with van der Waals surface area (Å²) in [6, 6.07) is 6.73. The highest BCUT2D eigenvalue weighted by Crippen LogP contribution is 2.25. The fourth-order valence-electron chi connectivity index (χ4n) is 2.38. The van der Waals surface area contributed by atoms with Gasteiger partial charge in [0.15, 0.2) is 0 Å². The van der Waals surface area contributed by atoms with Gasteiger partial charge in [-0.2, -0.15) is 0 Å². The first-order valence-electron chi connectivity index (χ1n) is 6.79. The zero-order chi connectivity index (χ0) is 14.7. The van der Waals surface area contributed by atoms with Crippen LogP contribution in [0, 0.1) is 0 Å². The summed E-state index contributed by atoms with van der Waals surface area (Å²) in [6.45, 7) is 4.76. The maximum Gasteiger partial charge on any atom is 0.326 e. The van der Waals surface area contributed by atoms with Crippen LogP contribution in [0.4, 0.5) is 0 Å². The van der Waals surface area contributed by atoms with Crippen LogP contribution in [0.2, 0.25) is 0 Å². The lowest BCUT2D eigenvalue weighted by Gasteiger charge is -2.21. The van der Waals surface area contributed by atoms with E-state index in [-0.39, 0.29) is 5.91 Å². The zero-order valence-corrected chi connectivity index (χ0v) is 12.5. The predicted octanol–water partition coefficient (Wildman–Crippen LogP) is 2.88. The fraction of sp³-hybridized carbons (Fsp3) is 0.467. The summed E-state index contributed by atoms with van der Waals surface area (Å²) >= 11 is 1.74. The van der Waals surface area contributed by atoms with E-state index in [2.05, 4.69) is 13.8 Å². The molecule has 1 aromatic carbocycles. The third kappa shape index (κ3) is 3.33. The number of rotatable bonds is 4. The Morgan fingerprint density at radius 1 is 1.30 bits per heavy atom. The first kappa shape index (κ1) is 14.9. The number of amides is 1. The van der Waals surface area contributed by atoms with Gasteiger partial charge in [0.25, 0.3) is 5.91 Å². The SMILES string of the molecule is CC(C)Sc1ccc(C(=O)N2CCC[C@@H]2C(=O)O)cc1. The van der Waals surface area contributed by atoms with E-state index in [4.69, 9.17) is 5.11 Å². The van der Waals surface area contributed by atoms with Gasteiger partial charge in [-0.3, -0.25) is 4.79 Å². The van der Waals surface area contributed by atoms with Crippen LogP contribution in [-0.4, -0.2) is 39.7 Å². The van der Waals surface area contributed by atoms with Crippen LogP contribution in [0.3, 0.4) is 0 Å². The summed E-state index contributed by atoms with van der Waals surface area (Å²) in [4.78, 5) is 26.1. The van der Waals surface area contributed by atoms with E-state index in [0.29, 0.717) is 23.8 Å². The fourth-order valence-corrected chi connectivity index (χ4v) is 3.22. The Morgan fingerprint density at radius 2 is 1.95 bits per heavy atom. The van der Waals surface area contributed by atoms with Crippen molar-refractivity contribution in [3.05, 3.63) is 29.8 Å². The molecule has 0 aliphatic carbocycles. The van der Waals surface area contributed by atoms with E-state index >= 15 is 0 Å². The van der Waals surface area contributed by atoms with Crippen molar-refractivity contribution in [1.29, 1.82) is 0 Å². The summed E-state index contributed by atoms with van der Waals surface area (Å²) in [5, 5.41) is 9.62. The van der Waals surface area contributed by atoms with E-state index < -0.39 is 12.0 Å². The number of hydrogen-bond acceptors (Lipinski definition) is 3. The number of thioether (sulfide) groups is 1. The van der Waals surface area contributed by atoms with Crippen LogP contribution >= 0.6 is 11.8 Å². The predicted molar refractivity (Wildman–Crippen MR) is 79.1 cm³/mol. The molecule has 1 saturated heterocycles. The molecule has 1 aromatic rings. The summed E-state index contributed by atoms with van der Waals surface area (Å²) in [6.07, 6.45) is 1.30. The molecule has 1 fully saturated rings. The summed E-state index contributed by atoms with van der Waals surface area (Å²) in [7, 11) is 0. The first-order chi connectivity index (χ1) is 9.49. The number of nitrogens with zero attached hydrogens (tertiary/aromatic N) is 1. The standard InChI is InChI=1S/C15H19NO3S/c1-10(2)20-12-7-5-11(6-8-12)14(17)16-9-3-4-13(16)15(18)19/h5-8,10,13H,3-4,9H2,1-2H3,(H,18,19)/t13-/m1/s1. The van der Waals surface area contributed by atoms with Crippen molar-refractivity contribution in [3.8, 4) is 0 Å². The van der Waals surface area contributed by atoms with Gasteiger partial charge in [-0.1, -0.05) is 13.8 Å². The molecule has 20 heavy (non-hydrogen) atoms. The minimum atomic E-state index is -0.914. The van der Waals surface area contributed by atoms with Crippen LogP contribution in [0.15, 0.2) is 29.2 Å². The average Bonchev–Trinajstić information content (AvgIpc) is 2.87. The van der Waals surface area contributed by atoms with Gasteiger partial charge in [-0.05, 0) is 37.1 Å². The minimum absolute atomic E-state index is 0.184. The highest BCUT2D eigenvalue weighted by molar-refractivity contribution is 7.99. The molecule has 108 valence electrons. The molecular formula is C15H19NO3S. The summed E-state index contributed by atoms with van der Waals surface area (Å²) < 4.78 is 0. The van der Waals surface area contributed by atoms with Gasteiger partial charge >= 0.3 is 5.97 Å². The van der Waals surface area contributed by atoms with Crippen LogP contribution < -0.4 is 0 Å². The topological polar surface area (TPSA) is 57.6 Å². The minimum Gasteiger partial charge on any atom is -0.480 e. The Morgan fingerprint density at radius 3 is 2.50 bits per heavy atom. The maximum absolute atomic E-state index is 12.4. The smallest absolute Gasteiger partial charge is 0.326 e. The van der Waals surface area contributed by atoms with Crippen molar-refractivity contribution >= 4 is 23.6 Å². The Kier molecular flexibility index (Phi) is 4.70. The Labute approximate surface area is 123 Å². The van der Waals surface area contributed by atoms with Crippen molar-refractivity contribution < 1.29 is 14.7 Å². The molecule has 4 nitrogen and oxygen atoms in total. The number of aliphatic carboxylic acids is 1. The number of carboxylic acid groups (broad SMARTS) is 1. The molecule has 1 atom stereocenters. The summed E-state index contributed by atoms with van der Waals surface area (Å²) in [5.41, 5.74) is 0.561. The number of carbonyl (C=O) groups excluding carboxylic acids is 1. The molecule has 0 spiro atoms. The molecule has 5 heteroatoms. The molecule has 1 N–H and O–H groups in total. The van der Waals surface area contributed by atoms with Crippen LogP contribution in [0.5, 0.6) is 0 Å². The first-order valence-corrected chi connectivity index (χ1v) is 7.67. The van der Waals surface area contributed by atoms with Gasteiger partial charge in [0.05, 0.1) is 0 Å². The lowest BCUT2D eigenvalue weighted by Crippen LogP contribution is -2.40. The number of likely N-dealkylation sites (tertiary alicyclic amines) is 1. The molecule has 0 radical (unpaired) electrons. The normalized spacial score (nSPS) is 18.6. The number of benzene rings is 1. The third-order valence-electron chi connectivity index (χ3n) is 3.27. The second kappa shape index (κ2) is 6.31. The van der Waals surface area contributed by atoms with Crippen molar-refractivity contribution in [2.75, 3.05) is 6.54 Å². The van der Waals surface area contributed by atoms with E-state index in [1.807, 2.05) is 12.1 Å². The Balaban J connectivity index is 2.11. The lowest BCUT2D eigenvalue weighted by molar-refractivity contribution is -0.141. The monoisotopic (exact) mass is 293 g/mol. The largest absolute Gasteiger partial charge is 0.480 e. The highest BCUT2D eigenvalue weighted by atomic mass is 32.2. The molecule has 1 aliphatic heterocycles. The van der Waals surface area contributed by atoms with Crippen molar-refractivity contribution in [2.45, 2.75) is 42.9 Å². The Bertz CT molecular complexity index is 498. The van der Waals surface area contributed by atoms with E-state index in [9.17, 15) is 9.59 Å². The molecule has 0 unspecified atom stereocenters. The Hall–Kier alpha value is -1.49. The van der Waals surface area contributed by atoms with E-state index in [1.165, 1.54) is 4.90 Å². The van der Waals surface area contributed by atoms with Crippen LogP contribution in [0.1, 0.15) is 37.0 Å². The molecule has 2 rings (SSSR count). The zero-order valence-electron chi connectivity index (χ0n) is 11.7. The van der Waals surface area contributed by atoms with Gasteiger partial charge in [0.2, 0.25) is 0 Å². The van der Waals surface area contributed by atoms with E-state index in [1.54, 1.807) is 23.9 Å². The quantitative estimate of drug-likeness (QED) is 0.867. The highest BCUT2D eigenvalue weighted by Gasteiger charge is 2.34. The molecule has 1 aliphatic rings. The van der Waals surface area contributed by atoms with E-state index in [0.717, 1.165) is 11.3 Å². The van der Waals surface area contributed by atoms with Gasteiger partial charge in [-0.25, -0.2) is 4.79 Å². The molecule has 1 heterocycles. The maximum atomic E-state index is 12.4. The van der Waals surface area contributed by atoms with Crippen molar-refractivity contribution in [1.82, 2.24) is 4.90 Å². The van der Waals surface area contributed by atoms with Crippen molar-refractivity contribution in [2.24, 2.45) is 0 Å². The molecule has 1 amide bonds. The van der Waals surface area contributed by atoms with Gasteiger partial charge in [-0.15, -0.1) is 11.8 Å². The van der Waals surface area contributed by atoms with Crippen LogP contribution in [-0.2, 0) is 4.79 Å². The second-order valence-corrected chi connectivity index (χ2v) is 6.84. The average molecular weight is 293 g/mol. The number of hydrogen-bond donors (Lipinski definition) is 1. The molecule has 0 bridgehead atoms. The van der Waals surface area contributed by atoms with Gasteiger partial charge in [0.1, 0.15) is 6.04 Å². The second-order valence-electron chi connectivity index (χ2n) is 5.19. The number of carbonyl (C=O) groups is 2. The molecule has 0 saturated carbocycles.